The smallest absolute Gasteiger partial charge is 0.408 e. The summed E-state index contributed by atoms with van der Waals surface area (Å²) in [6.07, 6.45) is 0.778. The Morgan fingerprint density at radius 2 is 1.95 bits per heavy atom. The summed E-state index contributed by atoms with van der Waals surface area (Å²) in [5.74, 6) is 0. The molecule has 0 aliphatic carbocycles. The molecule has 1 atom stereocenters. The van der Waals surface area contributed by atoms with Crippen LogP contribution in [0.1, 0.15) is 39.5 Å². The van der Waals surface area contributed by atoms with Gasteiger partial charge >= 0.3 is 12.1 Å². The van der Waals surface area contributed by atoms with Crippen LogP contribution >= 0.6 is 0 Å². The van der Waals surface area contributed by atoms with Crippen molar-refractivity contribution >= 4 is 12.1 Å². The molecule has 1 fully saturated rings. The van der Waals surface area contributed by atoms with Crippen LogP contribution in [0.25, 0.3) is 0 Å². The van der Waals surface area contributed by atoms with Crippen molar-refractivity contribution in [3.8, 4) is 0 Å². The van der Waals surface area contributed by atoms with E-state index in [0.29, 0.717) is 39.1 Å². The predicted molar refractivity (Wildman–Crippen MR) is 80.3 cm³/mol. The lowest BCUT2D eigenvalue weighted by molar-refractivity contribution is -0.142. The van der Waals surface area contributed by atoms with E-state index < -0.39 is 24.6 Å². The number of primary amides is 1. The van der Waals surface area contributed by atoms with E-state index in [1.165, 1.54) is 9.80 Å². The van der Waals surface area contributed by atoms with Crippen molar-refractivity contribution in [2.75, 3.05) is 26.3 Å². The summed E-state index contributed by atoms with van der Waals surface area (Å²) in [6.45, 7) is 5.47. The second-order valence-corrected chi connectivity index (χ2v) is 5.11. The fourth-order valence-electron chi connectivity index (χ4n) is 2.70. The summed E-state index contributed by atoms with van der Waals surface area (Å²) in [6, 6.07) is -0.620. The minimum Gasteiger partial charge on any atom is -0.465 e. The number of hydrogen-bond donors (Lipinski definition) is 2. The van der Waals surface area contributed by atoms with Crippen molar-refractivity contribution in [3.05, 3.63) is 0 Å². The standard InChI is InChI=1S/C14H27N3O5/c1-3-21-12(22-4-2)8-10-16(13(15)18)11-7-5-6-9-17(11)14(19)20/h11-12H,3-10H2,1-2H3,(H2,15,18)(H,19,20). The average Bonchev–Trinajstić information content (AvgIpc) is 2.47. The number of hydrogen-bond acceptors (Lipinski definition) is 4. The number of carbonyl (C=O) groups is 2. The monoisotopic (exact) mass is 317 g/mol. The van der Waals surface area contributed by atoms with Gasteiger partial charge in [0.25, 0.3) is 0 Å². The second-order valence-electron chi connectivity index (χ2n) is 5.11. The van der Waals surface area contributed by atoms with Gasteiger partial charge < -0.3 is 25.2 Å². The number of nitrogens with two attached hydrogens (primary N) is 1. The van der Waals surface area contributed by atoms with Crippen LogP contribution in [0.5, 0.6) is 0 Å². The molecule has 0 aromatic carbocycles. The number of urea groups is 1. The third kappa shape index (κ3) is 5.34. The van der Waals surface area contributed by atoms with Gasteiger partial charge in [-0.25, -0.2) is 9.59 Å². The normalized spacial score (nSPS) is 18.5. The number of carbonyl (C=O) groups excluding carboxylic acids is 1. The van der Waals surface area contributed by atoms with Gasteiger partial charge in [-0.05, 0) is 33.1 Å². The molecule has 1 saturated heterocycles. The molecule has 0 radical (unpaired) electrons. The molecule has 128 valence electrons. The lowest BCUT2D eigenvalue weighted by atomic mass is 10.1. The van der Waals surface area contributed by atoms with Gasteiger partial charge in [0, 0.05) is 32.7 Å². The number of rotatable bonds is 8. The van der Waals surface area contributed by atoms with Gasteiger partial charge in [0.15, 0.2) is 6.29 Å². The van der Waals surface area contributed by atoms with E-state index in [-0.39, 0.29) is 0 Å². The van der Waals surface area contributed by atoms with E-state index in [2.05, 4.69) is 0 Å². The lowest BCUT2D eigenvalue weighted by Gasteiger charge is -2.40. The Kier molecular flexibility index (Phi) is 7.97. The first kappa shape index (κ1) is 18.5. The van der Waals surface area contributed by atoms with Gasteiger partial charge in [-0.15, -0.1) is 0 Å². The van der Waals surface area contributed by atoms with Crippen molar-refractivity contribution in [2.45, 2.75) is 52.0 Å². The van der Waals surface area contributed by atoms with E-state index in [4.69, 9.17) is 15.2 Å². The molecule has 1 heterocycles. The molecule has 0 bridgehead atoms. The lowest BCUT2D eigenvalue weighted by Crippen LogP contribution is -2.56. The van der Waals surface area contributed by atoms with Crippen molar-refractivity contribution in [2.24, 2.45) is 5.73 Å². The fraction of sp³-hybridized carbons (Fsp3) is 0.857. The molecule has 1 rings (SSSR count). The number of piperidine rings is 1. The zero-order chi connectivity index (χ0) is 16.5. The molecule has 1 aliphatic heterocycles. The van der Waals surface area contributed by atoms with Gasteiger partial charge in [0.05, 0.1) is 0 Å². The molecule has 3 amide bonds. The molecule has 0 aromatic rings. The molecule has 8 heteroatoms. The molecule has 1 unspecified atom stereocenters. The van der Waals surface area contributed by atoms with E-state index >= 15 is 0 Å². The molecule has 3 N–H and O–H groups in total. The highest BCUT2D eigenvalue weighted by atomic mass is 16.7. The van der Waals surface area contributed by atoms with Crippen LogP contribution in [0.3, 0.4) is 0 Å². The van der Waals surface area contributed by atoms with Gasteiger partial charge in [0.2, 0.25) is 0 Å². The topological polar surface area (TPSA) is 105 Å². The summed E-state index contributed by atoms with van der Waals surface area (Å²) in [7, 11) is 0. The summed E-state index contributed by atoms with van der Waals surface area (Å²) in [4.78, 5) is 25.8. The van der Waals surface area contributed by atoms with Crippen LogP contribution in [-0.2, 0) is 9.47 Å². The summed E-state index contributed by atoms with van der Waals surface area (Å²) >= 11 is 0. The Labute approximate surface area is 131 Å². The Balaban J connectivity index is 2.70. The van der Waals surface area contributed by atoms with Crippen molar-refractivity contribution in [1.82, 2.24) is 9.80 Å². The van der Waals surface area contributed by atoms with Crippen LogP contribution in [-0.4, -0.2) is 65.8 Å². The van der Waals surface area contributed by atoms with Crippen LogP contribution in [0, 0.1) is 0 Å². The number of carboxylic acid groups (broad SMARTS) is 1. The van der Waals surface area contributed by atoms with Crippen LogP contribution in [0.15, 0.2) is 0 Å². The third-order valence-corrected chi connectivity index (χ3v) is 3.67. The maximum atomic E-state index is 11.7. The van der Waals surface area contributed by atoms with Crippen LogP contribution in [0.2, 0.25) is 0 Å². The largest absolute Gasteiger partial charge is 0.465 e. The quantitative estimate of drug-likeness (QED) is 0.662. The van der Waals surface area contributed by atoms with Gasteiger partial charge in [0.1, 0.15) is 6.17 Å². The first-order valence-electron chi connectivity index (χ1n) is 7.80. The van der Waals surface area contributed by atoms with Crippen LogP contribution < -0.4 is 5.73 Å². The number of ether oxygens (including phenoxy) is 2. The number of nitrogens with zero attached hydrogens (tertiary/aromatic N) is 2. The average molecular weight is 317 g/mol. The Hall–Kier alpha value is -1.54. The van der Waals surface area contributed by atoms with Gasteiger partial charge in [-0.2, -0.15) is 0 Å². The Morgan fingerprint density at radius 1 is 1.32 bits per heavy atom. The van der Waals surface area contributed by atoms with Crippen molar-refractivity contribution in [1.29, 1.82) is 0 Å². The van der Waals surface area contributed by atoms with E-state index in [0.717, 1.165) is 12.8 Å². The molecular formula is C14H27N3O5. The summed E-state index contributed by atoms with van der Waals surface area (Å²) in [5, 5.41) is 9.28. The number of likely N-dealkylation sites (tertiary alicyclic amines) is 1. The predicted octanol–water partition coefficient (Wildman–Crippen LogP) is 1.65. The fourth-order valence-corrected chi connectivity index (χ4v) is 2.70. The molecule has 8 nitrogen and oxygen atoms in total. The molecule has 0 saturated carbocycles. The highest BCUT2D eigenvalue weighted by molar-refractivity contribution is 5.73. The number of amides is 3. The first-order chi connectivity index (χ1) is 10.5. The Bertz CT molecular complexity index is 360. The van der Waals surface area contributed by atoms with Gasteiger partial charge in [-0.3, -0.25) is 4.90 Å². The van der Waals surface area contributed by atoms with Gasteiger partial charge in [-0.1, -0.05) is 0 Å². The molecule has 0 spiro atoms. The minimum atomic E-state index is -1.03. The van der Waals surface area contributed by atoms with E-state index in [9.17, 15) is 14.7 Å². The van der Waals surface area contributed by atoms with Crippen LogP contribution in [0.4, 0.5) is 9.59 Å². The van der Waals surface area contributed by atoms with Crippen molar-refractivity contribution in [3.63, 3.8) is 0 Å². The zero-order valence-corrected chi connectivity index (χ0v) is 13.4. The zero-order valence-electron chi connectivity index (χ0n) is 13.4. The van der Waals surface area contributed by atoms with E-state index in [1.54, 1.807) is 0 Å². The maximum absolute atomic E-state index is 11.7. The second kappa shape index (κ2) is 9.47. The molecule has 22 heavy (non-hydrogen) atoms. The first-order valence-corrected chi connectivity index (χ1v) is 7.80. The SMILES string of the molecule is CCOC(CCN(C(N)=O)C1CCCCN1C(=O)O)OCC. The van der Waals surface area contributed by atoms with E-state index in [1.807, 2.05) is 13.8 Å². The minimum absolute atomic E-state index is 0.300. The molecule has 1 aliphatic rings. The molecular weight excluding hydrogens is 290 g/mol. The third-order valence-electron chi connectivity index (χ3n) is 3.67. The highest BCUT2D eigenvalue weighted by Gasteiger charge is 2.33. The summed E-state index contributed by atoms with van der Waals surface area (Å²) in [5.41, 5.74) is 5.45. The summed E-state index contributed by atoms with van der Waals surface area (Å²) < 4.78 is 10.9. The highest BCUT2D eigenvalue weighted by Crippen LogP contribution is 2.21. The Morgan fingerprint density at radius 3 is 2.45 bits per heavy atom. The van der Waals surface area contributed by atoms with Crippen molar-refractivity contribution < 1.29 is 24.2 Å². The maximum Gasteiger partial charge on any atom is 0.408 e. The molecule has 0 aromatic heterocycles.